The minimum absolute atomic E-state index is 0.0452. The smallest absolute Gasteiger partial charge is 0.242 e. The van der Waals surface area contributed by atoms with Crippen molar-refractivity contribution in [1.29, 1.82) is 0 Å². The van der Waals surface area contributed by atoms with Gasteiger partial charge in [0.05, 0.1) is 18.9 Å². The molecule has 0 aromatic heterocycles. The molecule has 0 fully saturated rings. The van der Waals surface area contributed by atoms with Gasteiger partial charge in [0, 0.05) is 17.9 Å². The average Bonchev–Trinajstić information content (AvgIpc) is 3.06. The van der Waals surface area contributed by atoms with Gasteiger partial charge in [-0.15, -0.1) is 0 Å². The molecular formula is C21H21FN2O2. The van der Waals surface area contributed by atoms with Crippen LogP contribution < -0.4 is 4.74 Å². The van der Waals surface area contributed by atoms with E-state index in [0.29, 0.717) is 6.42 Å². The lowest BCUT2D eigenvalue weighted by Gasteiger charge is -2.29. The molecule has 2 aromatic rings. The first kappa shape index (κ1) is 16.8. The Hall–Kier alpha value is -2.69. The molecule has 1 heterocycles. The zero-order chi connectivity index (χ0) is 18.3. The van der Waals surface area contributed by atoms with E-state index in [1.165, 1.54) is 17.7 Å². The molecule has 5 heteroatoms. The molecule has 2 atom stereocenters. The lowest BCUT2D eigenvalue weighted by molar-refractivity contribution is -0.133. The van der Waals surface area contributed by atoms with E-state index in [9.17, 15) is 9.18 Å². The van der Waals surface area contributed by atoms with Crippen LogP contribution in [-0.4, -0.2) is 23.7 Å². The molecule has 2 aromatic carbocycles. The van der Waals surface area contributed by atoms with Crippen molar-refractivity contribution in [1.82, 2.24) is 5.01 Å². The largest absolute Gasteiger partial charge is 0.497 e. The van der Waals surface area contributed by atoms with E-state index in [0.717, 1.165) is 35.4 Å². The van der Waals surface area contributed by atoms with Crippen LogP contribution >= 0.6 is 0 Å². The molecule has 0 radical (unpaired) electrons. The summed E-state index contributed by atoms with van der Waals surface area (Å²) in [4.78, 5) is 12.5. The second-order valence-electron chi connectivity index (χ2n) is 6.75. The second-order valence-corrected chi connectivity index (χ2v) is 6.75. The number of aryl methyl sites for hydroxylation is 1. The Labute approximate surface area is 152 Å². The third kappa shape index (κ3) is 2.68. The molecule has 1 amide bonds. The number of hydrogen-bond acceptors (Lipinski definition) is 3. The fourth-order valence-corrected chi connectivity index (χ4v) is 4.02. The molecule has 134 valence electrons. The lowest BCUT2D eigenvalue weighted by Crippen LogP contribution is -2.32. The van der Waals surface area contributed by atoms with Gasteiger partial charge in [-0.25, -0.2) is 9.40 Å². The Bertz CT molecular complexity index is 893. The standard InChI is InChI=1S/C21H21FN2O2/c1-3-19(25)24-21(14-5-4-6-15(22)11-14)18-9-7-13-12-16(26-2)8-10-17(13)20(18)23-24/h4-6,8,10-12,18,21H,3,7,9H2,1-2H3/t18-,21+/m0/s1. The van der Waals surface area contributed by atoms with E-state index >= 15 is 0 Å². The Morgan fingerprint density at radius 2 is 2.15 bits per heavy atom. The number of carbonyl (C=O) groups excluding carboxylic acids is 1. The van der Waals surface area contributed by atoms with Crippen LogP contribution in [0.3, 0.4) is 0 Å². The van der Waals surface area contributed by atoms with E-state index in [4.69, 9.17) is 9.84 Å². The molecule has 1 aliphatic carbocycles. The number of nitrogens with zero attached hydrogens (tertiary/aromatic N) is 2. The molecule has 4 rings (SSSR count). The highest BCUT2D eigenvalue weighted by molar-refractivity contribution is 6.07. The van der Waals surface area contributed by atoms with E-state index in [-0.39, 0.29) is 23.7 Å². The summed E-state index contributed by atoms with van der Waals surface area (Å²) in [5.41, 5.74) is 3.97. The van der Waals surface area contributed by atoms with Gasteiger partial charge < -0.3 is 4.74 Å². The first-order chi connectivity index (χ1) is 12.6. The highest BCUT2D eigenvalue weighted by Gasteiger charge is 2.43. The Kier molecular flexibility index (Phi) is 4.23. The number of carbonyl (C=O) groups is 1. The van der Waals surface area contributed by atoms with Crippen molar-refractivity contribution in [2.24, 2.45) is 11.0 Å². The summed E-state index contributed by atoms with van der Waals surface area (Å²) in [6.45, 7) is 1.83. The van der Waals surface area contributed by atoms with E-state index in [2.05, 4.69) is 0 Å². The Morgan fingerprint density at radius 1 is 1.31 bits per heavy atom. The summed E-state index contributed by atoms with van der Waals surface area (Å²) in [7, 11) is 1.65. The molecule has 0 saturated carbocycles. The van der Waals surface area contributed by atoms with E-state index in [1.807, 2.05) is 31.2 Å². The summed E-state index contributed by atoms with van der Waals surface area (Å²) in [5, 5.41) is 6.27. The van der Waals surface area contributed by atoms with Gasteiger partial charge in [-0.1, -0.05) is 19.1 Å². The van der Waals surface area contributed by atoms with Gasteiger partial charge in [0.15, 0.2) is 0 Å². The van der Waals surface area contributed by atoms with Crippen LogP contribution in [0.4, 0.5) is 4.39 Å². The normalized spacial score (nSPS) is 21.0. The van der Waals surface area contributed by atoms with Gasteiger partial charge in [-0.05, 0) is 54.3 Å². The molecule has 0 unspecified atom stereocenters. The zero-order valence-electron chi connectivity index (χ0n) is 14.9. The molecule has 26 heavy (non-hydrogen) atoms. The molecule has 0 N–H and O–H groups in total. The molecule has 0 saturated heterocycles. The first-order valence-electron chi connectivity index (χ1n) is 8.95. The number of benzene rings is 2. The maximum Gasteiger partial charge on any atom is 0.242 e. The SMILES string of the molecule is CCC(=O)N1N=C2c3ccc(OC)cc3CC[C@@H]2[C@H]1c1cccc(F)c1. The van der Waals surface area contributed by atoms with Gasteiger partial charge in [0.25, 0.3) is 0 Å². The lowest BCUT2D eigenvalue weighted by atomic mass is 9.77. The van der Waals surface area contributed by atoms with Crippen molar-refractivity contribution in [3.05, 3.63) is 65.0 Å². The summed E-state index contributed by atoms with van der Waals surface area (Å²) in [6.07, 6.45) is 2.12. The van der Waals surface area contributed by atoms with Crippen molar-refractivity contribution >= 4 is 11.6 Å². The average molecular weight is 352 g/mol. The van der Waals surface area contributed by atoms with Crippen LogP contribution in [0.1, 0.15) is 42.5 Å². The van der Waals surface area contributed by atoms with Crippen molar-refractivity contribution < 1.29 is 13.9 Å². The first-order valence-corrected chi connectivity index (χ1v) is 8.95. The van der Waals surface area contributed by atoms with Crippen LogP contribution in [0.5, 0.6) is 5.75 Å². The maximum atomic E-state index is 13.8. The highest BCUT2D eigenvalue weighted by Crippen LogP contribution is 2.44. The predicted octanol–water partition coefficient (Wildman–Crippen LogP) is 4.09. The number of hydrazone groups is 1. The third-order valence-corrected chi connectivity index (χ3v) is 5.27. The summed E-state index contributed by atoms with van der Waals surface area (Å²) in [6, 6.07) is 12.2. The van der Waals surface area contributed by atoms with Crippen LogP contribution in [0.15, 0.2) is 47.6 Å². The summed E-state index contributed by atoms with van der Waals surface area (Å²) < 4.78 is 19.1. The Balaban J connectivity index is 1.80. The van der Waals surface area contributed by atoms with Gasteiger partial charge in [0.1, 0.15) is 11.6 Å². The van der Waals surface area contributed by atoms with Crippen molar-refractivity contribution in [2.75, 3.05) is 7.11 Å². The van der Waals surface area contributed by atoms with Crippen LogP contribution in [0.25, 0.3) is 0 Å². The number of fused-ring (bicyclic) bond motifs is 3. The van der Waals surface area contributed by atoms with Crippen LogP contribution in [0.2, 0.25) is 0 Å². The second kappa shape index (κ2) is 6.56. The Morgan fingerprint density at radius 3 is 2.88 bits per heavy atom. The number of rotatable bonds is 3. The summed E-state index contributed by atoms with van der Waals surface area (Å²) in [5.74, 6) is 0.564. The fraction of sp³-hybridized carbons (Fsp3) is 0.333. The topological polar surface area (TPSA) is 41.9 Å². The van der Waals surface area contributed by atoms with E-state index in [1.54, 1.807) is 18.2 Å². The van der Waals surface area contributed by atoms with Gasteiger partial charge in [-0.2, -0.15) is 5.10 Å². The van der Waals surface area contributed by atoms with Gasteiger partial charge >= 0.3 is 0 Å². The van der Waals surface area contributed by atoms with Crippen LogP contribution in [0, 0.1) is 11.7 Å². The van der Waals surface area contributed by atoms with Gasteiger partial charge in [-0.3, -0.25) is 4.79 Å². The maximum absolute atomic E-state index is 13.8. The third-order valence-electron chi connectivity index (χ3n) is 5.27. The predicted molar refractivity (Wildman–Crippen MR) is 97.6 cm³/mol. The molecule has 2 aliphatic rings. The number of ether oxygens (including phenoxy) is 1. The van der Waals surface area contributed by atoms with Crippen LogP contribution in [-0.2, 0) is 11.2 Å². The monoisotopic (exact) mass is 352 g/mol. The number of amides is 1. The summed E-state index contributed by atoms with van der Waals surface area (Å²) >= 11 is 0. The quantitative estimate of drug-likeness (QED) is 0.835. The zero-order valence-corrected chi connectivity index (χ0v) is 14.9. The number of hydrogen-bond donors (Lipinski definition) is 0. The minimum atomic E-state index is -0.291. The van der Waals surface area contributed by atoms with Crippen molar-refractivity contribution in [3.63, 3.8) is 0 Å². The molecular weight excluding hydrogens is 331 g/mol. The molecule has 0 spiro atoms. The fourth-order valence-electron chi connectivity index (χ4n) is 4.02. The molecule has 1 aliphatic heterocycles. The number of halogens is 1. The minimum Gasteiger partial charge on any atom is -0.497 e. The van der Waals surface area contributed by atoms with Crippen molar-refractivity contribution in [2.45, 2.75) is 32.2 Å². The number of methoxy groups -OCH3 is 1. The highest BCUT2D eigenvalue weighted by atomic mass is 19.1. The van der Waals surface area contributed by atoms with Crippen molar-refractivity contribution in [3.8, 4) is 5.75 Å². The molecule has 0 bridgehead atoms. The van der Waals surface area contributed by atoms with E-state index < -0.39 is 0 Å². The van der Waals surface area contributed by atoms with Gasteiger partial charge in [0.2, 0.25) is 5.91 Å². The molecule has 4 nitrogen and oxygen atoms in total.